The molecule has 0 aliphatic carbocycles. The second kappa shape index (κ2) is 6.16. The van der Waals surface area contributed by atoms with Crippen LogP contribution in [0.1, 0.15) is 36.8 Å². The fourth-order valence-corrected chi connectivity index (χ4v) is 2.79. The molecule has 2 aromatic rings. The van der Waals surface area contributed by atoms with Gasteiger partial charge in [-0.25, -0.2) is 4.98 Å². The number of hydrogen-bond acceptors (Lipinski definition) is 2. The van der Waals surface area contributed by atoms with E-state index >= 15 is 0 Å². The van der Waals surface area contributed by atoms with Crippen LogP contribution in [0.5, 0.6) is 0 Å². The third-order valence-corrected chi connectivity index (χ3v) is 4.41. The molecule has 2 nitrogen and oxygen atoms in total. The molecular formula is C14H14BrClN2S. The first-order valence-electron chi connectivity index (χ1n) is 6.00. The van der Waals surface area contributed by atoms with Gasteiger partial charge in [0.2, 0.25) is 0 Å². The van der Waals surface area contributed by atoms with Crippen molar-refractivity contribution in [2.45, 2.75) is 26.2 Å². The van der Waals surface area contributed by atoms with Crippen LogP contribution in [0.2, 0.25) is 5.02 Å². The SMILES string of the molecule is CC(C)c1[nH]c(Cc2ccc(Cl)cc2)nc(=S)c1Br. The minimum atomic E-state index is 0.364. The molecule has 0 amide bonds. The summed E-state index contributed by atoms with van der Waals surface area (Å²) in [6.07, 6.45) is 0.716. The van der Waals surface area contributed by atoms with Gasteiger partial charge in [0.05, 0.1) is 4.47 Å². The molecule has 0 aliphatic heterocycles. The summed E-state index contributed by atoms with van der Waals surface area (Å²) in [6, 6.07) is 7.76. The van der Waals surface area contributed by atoms with Crippen LogP contribution >= 0.6 is 39.7 Å². The Morgan fingerprint density at radius 1 is 1.32 bits per heavy atom. The third kappa shape index (κ3) is 3.65. The molecular weight excluding hydrogens is 344 g/mol. The van der Waals surface area contributed by atoms with Crippen molar-refractivity contribution in [1.82, 2.24) is 9.97 Å². The van der Waals surface area contributed by atoms with Gasteiger partial charge in [-0.1, -0.05) is 49.8 Å². The van der Waals surface area contributed by atoms with Gasteiger partial charge >= 0.3 is 0 Å². The van der Waals surface area contributed by atoms with Crippen molar-refractivity contribution in [2.75, 3.05) is 0 Å². The quantitative estimate of drug-likeness (QED) is 0.758. The van der Waals surface area contributed by atoms with Crippen molar-refractivity contribution in [3.05, 3.63) is 55.5 Å². The summed E-state index contributed by atoms with van der Waals surface area (Å²) in [4.78, 5) is 7.77. The molecule has 1 aromatic heterocycles. The molecule has 2 rings (SSSR count). The summed E-state index contributed by atoms with van der Waals surface area (Å²) in [6.45, 7) is 4.24. The fourth-order valence-electron chi connectivity index (χ4n) is 1.80. The number of H-pyrrole nitrogens is 1. The molecule has 0 bridgehead atoms. The maximum Gasteiger partial charge on any atom is 0.144 e. The predicted molar refractivity (Wildman–Crippen MR) is 85.5 cm³/mol. The molecule has 0 atom stereocenters. The Labute approximate surface area is 131 Å². The normalized spacial score (nSPS) is 11.0. The number of aromatic nitrogens is 2. The van der Waals surface area contributed by atoms with E-state index in [2.05, 4.69) is 39.7 Å². The first-order chi connectivity index (χ1) is 8.97. The number of nitrogens with zero attached hydrogens (tertiary/aromatic N) is 1. The fraction of sp³-hybridized carbons (Fsp3) is 0.286. The van der Waals surface area contributed by atoms with Crippen LogP contribution in [0.15, 0.2) is 28.7 Å². The van der Waals surface area contributed by atoms with Crippen molar-refractivity contribution in [3.8, 4) is 0 Å². The van der Waals surface area contributed by atoms with Crippen LogP contribution in [0.4, 0.5) is 0 Å². The highest BCUT2D eigenvalue weighted by Crippen LogP contribution is 2.23. The smallest absolute Gasteiger partial charge is 0.144 e. The van der Waals surface area contributed by atoms with Gasteiger partial charge in [0, 0.05) is 17.1 Å². The first kappa shape index (κ1) is 14.7. The Morgan fingerprint density at radius 3 is 2.53 bits per heavy atom. The standard InChI is InChI=1S/C14H14BrClN2S/c1-8(2)13-12(15)14(19)18-11(17-13)7-9-3-5-10(16)6-4-9/h3-6,8H,7H2,1-2H3,(H,17,18,19). The van der Waals surface area contributed by atoms with Gasteiger partial charge in [-0.15, -0.1) is 0 Å². The Bertz CT molecular complexity index is 635. The van der Waals surface area contributed by atoms with E-state index in [4.69, 9.17) is 23.8 Å². The number of hydrogen-bond donors (Lipinski definition) is 1. The zero-order valence-corrected chi connectivity index (χ0v) is 13.9. The van der Waals surface area contributed by atoms with E-state index in [0.717, 1.165) is 26.6 Å². The Morgan fingerprint density at radius 2 is 1.95 bits per heavy atom. The molecule has 19 heavy (non-hydrogen) atoms. The zero-order chi connectivity index (χ0) is 14.0. The van der Waals surface area contributed by atoms with E-state index in [1.807, 2.05) is 24.3 Å². The average molecular weight is 358 g/mol. The number of aromatic amines is 1. The van der Waals surface area contributed by atoms with Gasteiger partial charge in [-0.3, -0.25) is 0 Å². The second-order valence-corrected chi connectivity index (χ2v) is 6.29. The predicted octanol–water partition coefficient (Wildman–Crippen LogP) is 5.27. The van der Waals surface area contributed by atoms with Crippen molar-refractivity contribution < 1.29 is 0 Å². The summed E-state index contributed by atoms with van der Waals surface area (Å²) >= 11 is 14.7. The molecule has 100 valence electrons. The lowest BCUT2D eigenvalue weighted by Gasteiger charge is -2.11. The molecule has 0 spiro atoms. The highest BCUT2D eigenvalue weighted by Gasteiger charge is 2.10. The summed E-state index contributed by atoms with van der Waals surface area (Å²) in [5.74, 6) is 1.24. The summed E-state index contributed by atoms with van der Waals surface area (Å²) in [5, 5.41) is 0.739. The van der Waals surface area contributed by atoms with E-state index in [9.17, 15) is 0 Å². The van der Waals surface area contributed by atoms with Gasteiger partial charge in [-0.05, 0) is 39.5 Å². The van der Waals surface area contributed by atoms with Gasteiger partial charge in [0.25, 0.3) is 0 Å². The lowest BCUT2D eigenvalue weighted by Crippen LogP contribution is -2.04. The number of rotatable bonds is 3. The molecule has 1 heterocycles. The van der Waals surface area contributed by atoms with Gasteiger partial charge in [0.15, 0.2) is 0 Å². The molecule has 0 aliphatic rings. The Balaban J connectivity index is 2.35. The lowest BCUT2D eigenvalue weighted by molar-refractivity contribution is 0.780. The van der Waals surface area contributed by atoms with Gasteiger partial charge < -0.3 is 4.98 Å². The maximum absolute atomic E-state index is 5.88. The molecule has 0 saturated heterocycles. The lowest BCUT2D eigenvalue weighted by atomic mass is 10.1. The van der Waals surface area contributed by atoms with E-state index in [1.54, 1.807) is 0 Å². The number of nitrogens with one attached hydrogen (secondary N) is 1. The van der Waals surface area contributed by atoms with E-state index in [0.29, 0.717) is 17.0 Å². The molecule has 0 fully saturated rings. The minimum absolute atomic E-state index is 0.364. The van der Waals surface area contributed by atoms with E-state index < -0.39 is 0 Å². The Hall–Kier alpha value is -0.710. The maximum atomic E-state index is 5.88. The molecule has 1 aromatic carbocycles. The monoisotopic (exact) mass is 356 g/mol. The molecule has 0 saturated carbocycles. The highest BCUT2D eigenvalue weighted by molar-refractivity contribution is 9.10. The topological polar surface area (TPSA) is 28.7 Å². The van der Waals surface area contributed by atoms with Crippen LogP contribution in [-0.4, -0.2) is 9.97 Å². The third-order valence-electron chi connectivity index (χ3n) is 2.80. The minimum Gasteiger partial charge on any atom is -0.346 e. The van der Waals surface area contributed by atoms with Crippen molar-refractivity contribution in [3.63, 3.8) is 0 Å². The summed E-state index contributed by atoms with van der Waals surface area (Å²) in [7, 11) is 0. The van der Waals surface area contributed by atoms with Crippen LogP contribution in [0.25, 0.3) is 0 Å². The van der Waals surface area contributed by atoms with Crippen molar-refractivity contribution in [1.29, 1.82) is 0 Å². The largest absolute Gasteiger partial charge is 0.346 e. The van der Waals surface area contributed by atoms with Crippen molar-refractivity contribution in [2.24, 2.45) is 0 Å². The van der Waals surface area contributed by atoms with Crippen LogP contribution < -0.4 is 0 Å². The summed E-state index contributed by atoms with van der Waals surface area (Å²) < 4.78 is 1.49. The van der Waals surface area contributed by atoms with E-state index in [-0.39, 0.29) is 0 Å². The molecule has 0 radical (unpaired) electrons. The molecule has 1 N–H and O–H groups in total. The highest BCUT2D eigenvalue weighted by atomic mass is 79.9. The van der Waals surface area contributed by atoms with Crippen LogP contribution in [0.3, 0.4) is 0 Å². The summed E-state index contributed by atoms with van der Waals surface area (Å²) in [5.41, 5.74) is 2.24. The number of halogens is 2. The van der Waals surface area contributed by atoms with Crippen LogP contribution in [0, 0.1) is 4.64 Å². The first-order valence-corrected chi connectivity index (χ1v) is 7.58. The van der Waals surface area contributed by atoms with Crippen molar-refractivity contribution >= 4 is 39.7 Å². The Kier molecular flexibility index (Phi) is 4.76. The zero-order valence-electron chi connectivity index (χ0n) is 10.7. The van der Waals surface area contributed by atoms with Crippen LogP contribution in [-0.2, 0) is 6.42 Å². The molecule has 5 heteroatoms. The van der Waals surface area contributed by atoms with E-state index in [1.165, 1.54) is 0 Å². The second-order valence-electron chi connectivity index (χ2n) is 4.67. The molecule has 0 unspecified atom stereocenters. The van der Waals surface area contributed by atoms with Gasteiger partial charge in [0.1, 0.15) is 10.5 Å². The average Bonchev–Trinajstić information content (AvgIpc) is 2.36. The number of benzene rings is 1. The van der Waals surface area contributed by atoms with Gasteiger partial charge in [-0.2, -0.15) is 0 Å².